The number of nitrogens with one attached hydrogen (secondary N) is 1. The van der Waals surface area contributed by atoms with Crippen molar-refractivity contribution < 1.29 is 4.39 Å². The van der Waals surface area contributed by atoms with Gasteiger partial charge in [0, 0.05) is 19.0 Å². The number of likely N-dealkylation sites (tertiary alicyclic amines) is 1. The third-order valence-electron chi connectivity index (χ3n) is 3.87. The van der Waals surface area contributed by atoms with Crippen molar-refractivity contribution in [1.29, 1.82) is 0 Å². The molecule has 3 rings (SSSR count). The van der Waals surface area contributed by atoms with E-state index in [1.807, 2.05) is 6.08 Å². The number of rotatable bonds is 4. The van der Waals surface area contributed by atoms with Gasteiger partial charge in [-0.1, -0.05) is 24.3 Å². The molecule has 0 amide bonds. The second kappa shape index (κ2) is 6.63. The van der Waals surface area contributed by atoms with E-state index >= 15 is 0 Å². The van der Waals surface area contributed by atoms with E-state index in [9.17, 15) is 4.39 Å². The lowest BCUT2D eigenvalue weighted by Gasteiger charge is -2.30. The van der Waals surface area contributed by atoms with E-state index in [-0.39, 0.29) is 5.82 Å². The van der Waals surface area contributed by atoms with Gasteiger partial charge in [-0.15, -0.1) is 0 Å². The highest BCUT2D eigenvalue weighted by Crippen LogP contribution is 2.23. The first-order valence-corrected chi connectivity index (χ1v) is 7.31. The third kappa shape index (κ3) is 3.76. The van der Waals surface area contributed by atoms with E-state index in [2.05, 4.69) is 26.2 Å². The monoisotopic (exact) mass is 286 g/mol. The van der Waals surface area contributed by atoms with Crippen LogP contribution in [0.1, 0.15) is 30.1 Å². The Hall–Kier alpha value is -2.01. The van der Waals surface area contributed by atoms with Crippen LogP contribution in [-0.2, 0) is 0 Å². The lowest BCUT2D eigenvalue weighted by atomic mass is 9.97. The van der Waals surface area contributed by atoms with Crippen molar-refractivity contribution in [1.82, 2.24) is 20.1 Å². The van der Waals surface area contributed by atoms with Gasteiger partial charge in [0.05, 0.1) is 0 Å². The molecule has 5 heteroatoms. The number of aromatic amines is 1. The van der Waals surface area contributed by atoms with E-state index in [1.54, 1.807) is 18.5 Å². The number of aromatic nitrogens is 3. The Morgan fingerprint density at radius 2 is 2.19 bits per heavy atom. The predicted molar refractivity (Wildman–Crippen MR) is 80.2 cm³/mol. The Bertz CT molecular complexity index is 577. The summed E-state index contributed by atoms with van der Waals surface area (Å²) in [6, 6.07) is 6.56. The maximum atomic E-state index is 12.8. The average molecular weight is 286 g/mol. The zero-order valence-electron chi connectivity index (χ0n) is 11.9. The zero-order chi connectivity index (χ0) is 14.5. The van der Waals surface area contributed by atoms with E-state index in [4.69, 9.17) is 0 Å². The first-order valence-electron chi connectivity index (χ1n) is 7.31. The SMILES string of the molecule is Fc1ccc(/C=C/CN2CCCC(c3ncn[nH]3)C2)cc1. The summed E-state index contributed by atoms with van der Waals surface area (Å²) in [7, 11) is 0. The summed E-state index contributed by atoms with van der Waals surface area (Å²) >= 11 is 0. The number of H-pyrrole nitrogens is 1. The fourth-order valence-corrected chi connectivity index (χ4v) is 2.77. The van der Waals surface area contributed by atoms with Gasteiger partial charge in [0.2, 0.25) is 0 Å². The summed E-state index contributed by atoms with van der Waals surface area (Å²) in [6.45, 7) is 3.02. The summed E-state index contributed by atoms with van der Waals surface area (Å²) in [5.74, 6) is 1.24. The van der Waals surface area contributed by atoms with Gasteiger partial charge in [-0.25, -0.2) is 9.37 Å². The van der Waals surface area contributed by atoms with Crippen molar-refractivity contribution in [3.63, 3.8) is 0 Å². The van der Waals surface area contributed by atoms with Crippen molar-refractivity contribution in [2.75, 3.05) is 19.6 Å². The summed E-state index contributed by atoms with van der Waals surface area (Å²) in [5.41, 5.74) is 1.03. The summed E-state index contributed by atoms with van der Waals surface area (Å²) in [5, 5.41) is 6.91. The topological polar surface area (TPSA) is 44.8 Å². The van der Waals surface area contributed by atoms with E-state index < -0.39 is 0 Å². The molecule has 1 atom stereocenters. The molecule has 0 spiro atoms. The molecule has 1 aromatic heterocycles. The van der Waals surface area contributed by atoms with E-state index in [0.29, 0.717) is 5.92 Å². The van der Waals surface area contributed by atoms with Crippen molar-refractivity contribution in [2.45, 2.75) is 18.8 Å². The molecule has 0 bridgehead atoms. The molecule has 0 aliphatic carbocycles. The number of hydrogen-bond acceptors (Lipinski definition) is 3. The van der Waals surface area contributed by atoms with Crippen LogP contribution < -0.4 is 0 Å². The van der Waals surface area contributed by atoms with E-state index in [1.165, 1.54) is 18.6 Å². The number of benzene rings is 1. The molecule has 1 aliphatic rings. The number of halogens is 1. The van der Waals surface area contributed by atoms with Gasteiger partial charge >= 0.3 is 0 Å². The lowest BCUT2D eigenvalue weighted by Crippen LogP contribution is -2.34. The molecule has 1 aliphatic heterocycles. The molecular formula is C16H19FN4. The molecule has 1 N–H and O–H groups in total. The molecule has 21 heavy (non-hydrogen) atoms. The third-order valence-corrected chi connectivity index (χ3v) is 3.87. The van der Waals surface area contributed by atoms with Crippen LogP contribution in [0.3, 0.4) is 0 Å². The molecule has 0 saturated carbocycles. The van der Waals surface area contributed by atoms with Gasteiger partial charge in [-0.05, 0) is 37.1 Å². The van der Waals surface area contributed by atoms with Crippen molar-refractivity contribution in [2.24, 2.45) is 0 Å². The predicted octanol–water partition coefficient (Wildman–Crippen LogP) is 2.84. The van der Waals surface area contributed by atoms with Crippen molar-refractivity contribution in [3.05, 3.63) is 53.9 Å². The van der Waals surface area contributed by atoms with Crippen LogP contribution >= 0.6 is 0 Å². The fourth-order valence-electron chi connectivity index (χ4n) is 2.77. The Labute approximate surface area is 123 Å². The number of nitrogens with zero attached hydrogens (tertiary/aromatic N) is 3. The average Bonchev–Trinajstić information content (AvgIpc) is 3.04. The molecule has 1 saturated heterocycles. The van der Waals surface area contributed by atoms with Crippen molar-refractivity contribution >= 4 is 6.08 Å². The van der Waals surface area contributed by atoms with Gasteiger partial charge in [0.25, 0.3) is 0 Å². The normalized spacial score (nSPS) is 20.1. The highest BCUT2D eigenvalue weighted by atomic mass is 19.1. The van der Waals surface area contributed by atoms with Gasteiger partial charge in [0.1, 0.15) is 18.0 Å². The zero-order valence-corrected chi connectivity index (χ0v) is 11.9. The van der Waals surface area contributed by atoms with Gasteiger partial charge in [-0.3, -0.25) is 10.00 Å². The summed E-state index contributed by atoms with van der Waals surface area (Å²) in [6.07, 6.45) is 8.08. The van der Waals surface area contributed by atoms with Crippen molar-refractivity contribution in [3.8, 4) is 0 Å². The minimum atomic E-state index is -0.196. The first-order chi connectivity index (χ1) is 10.3. The van der Waals surface area contributed by atoms with Crippen LogP contribution in [0, 0.1) is 5.82 Å². The Morgan fingerprint density at radius 1 is 1.33 bits per heavy atom. The van der Waals surface area contributed by atoms with Gasteiger partial charge < -0.3 is 0 Å². The molecular weight excluding hydrogens is 267 g/mol. The van der Waals surface area contributed by atoms with Crippen LogP contribution in [0.15, 0.2) is 36.7 Å². The quantitative estimate of drug-likeness (QED) is 0.940. The van der Waals surface area contributed by atoms with Gasteiger partial charge in [-0.2, -0.15) is 5.10 Å². The highest BCUT2D eigenvalue weighted by molar-refractivity contribution is 5.48. The molecule has 2 heterocycles. The smallest absolute Gasteiger partial charge is 0.137 e. The van der Waals surface area contributed by atoms with Gasteiger partial charge in [0.15, 0.2) is 0 Å². The van der Waals surface area contributed by atoms with Crippen LogP contribution in [-0.4, -0.2) is 39.7 Å². The molecule has 1 aromatic carbocycles. The Balaban J connectivity index is 1.54. The van der Waals surface area contributed by atoms with Crippen LogP contribution in [0.2, 0.25) is 0 Å². The molecule has 0 radical (unpaired) electrons. The largest absolute Gasteiger partial charge is 0.299 e. The maximum absolute atomic E-state index is 12.8. The minimum Gasteiger partial charge on any atom is -0.299 e. The molecule has 4 nitrogen and oxygen atoms in total. The summed E-state index contributed by atoms with van der Waals surface area (Å²) in [4.78, 5) is 6.68. The second-order valence-electron chi connectivity index (χ2n) is 5.42. The van der Waals surface area contributed by atoms with Crippen LogP contribution in [0.5, 0.6) is 0 Å². The first kappa shape index (κ1) is 13.9. The number of piperidine rings is 1. The fraction of sp³-hybridized carbons (Fsp3) is 0.375. The molecule has 2 aromatic rings. The van der Waals surface area contributed by atoms with Crippen LogP contribution in [0.25, 0.3) is 6.08 Å². The number of hydrogen-bond donors (Lipinski definition) is 1. The van der Waals surface area contributed by atoms with E-state index in [0.717, 1.165) is 37.4 Å². The molecule has 110 valence electrons. The molecule has 1 fully saturated rings. The van der Waals surface area contributed by atoms with Crippen LogP contribution in [0.4, 0.5) is 4.39 Å². The Kier molecular flexibility index (Phi) is 4.40. The highest BCUT2D eigenvalue weighted by Gasteiger charge is 2.22. The molecule has 1 unspecified atom stereocenters. The summed E-state index contributed by atoms with van der Waals surface area (Å²) < 4.78 is 12.8. The minimum absolute atomic E-state index is 0.196. The Morgan fingerprint density at radius 3 is 2.95 bits per heavy atom. The maximum Gasteiger partial charge on any atom is 0.137 e. The standard InChI is InChI=1S/C16H19FN4/c17-15-7-5-13(6-8-15)3-1-9-21-10-2-4-14(11-21)16-18-12-19-20-16/h1,3,5-8,12,14H,2,4,9-11H2,(H,18,19,20)/b3-1+. The lowest BCUT2D eigenvalue weighted by molar-refractivity contribution is 0.224. The second-order valence-corrected chi connectivity index (χ2v) is 5.42.